The van der Waals surface area contributed by atoms with Gasteiger partial charge in [0.15, 0.2) is 0 Å². The summed E-state index contributed by atoms with van der Waals surface area (Å²) in [7, 11) is 0. The summed E-state index contributed by atoms with van der Waals surface area (Å²) in [6.07, 6.45) is 38.9. The van der Waals surface area contributed by atoms with Crippen LogP contribution in [0.4, 0.5) is 0 Å². The Morgan fingerprint density at radius 1 is 0.542 bits per heavy atom. The Morgan fingerprint density at radius 2 is 1.00 bits per heavy atom. The van der Waals surface area contributed by atoms with Gasteiger partial charge in [-0.2, -0.15) is 0 Å². The van der Waals surface area contributed by atoms with Crippen molar-refractivity contribution in [1.82, 2.24) is 0 Å². The predicted molar refractivity (Wildman–Crippen MR) is 198 cm³/mol. The number of hydrogen-bond acceptors (Lipinski definition) is 4. The summed E-state index contributed by atoms with van der Waals surface area (Å²) < 4.78 is 6.05. The first kappa shape index (κ1) is 38.6. The summed E-state index contributed by atoms with van der Waals surface area (Å²) >= 11 is 0. The summed E-state index contributed by atoms with van der Waals surface area (Å²) in [4.78, 5) is 25.5. The first-order chi connectivity index (χ1) is 23.6. The first-order valence-corrected chi connectivity index (χ1v) is 22.1. The number of unbranched alkanes of at least 4 members (excludes halogenated alkanes) is 4. The second kappa shape index (κ2) is 21.7. The van der Waals surface area contributed by atoms with Gasteiger partial charge in [0.05, 0.1) is 12.5 Å². The van der Waals surface area contributed by atoms with E-state index in [4.69, 9.17) is 14.5 Å². The minimum Gasteiger partial charge on any atom is -0.463 e. The normalized spacial score (nSPS) is 34.5. The molecule has 0 aliphatic heterocycles. The monoisotopic (exact) mass is 671 g/mol. The van der Waals surface area contributed by atoms with Crippen molar-refractivity contribution in [2.75, 3.05) is 13.2 Å². The van der Waals surface area contributed by atoms with Crippen LogP contribution < -0.4 is 0 Å². The van der Waals surface area contributed by atoms with E-state index >= 15 is 0 Å². The largest absolute Gasteiger partial charge is 0.463 e. The molecule has 1 unspecified atom stereocenters. The highest BCUT2D eigenvalue weighted by Crippen LogP contribution is 2.44. The molecule has 5 saturated carbocycles. The molecule has 1 atom stereocenters. The van der Waals surface area contributed by atoms with Crippen molar-refractivity contribution < 1.29 is 19.3 Å². The van der Waals surface area contributed by atoms with Crippen molar-refractivity contribution in [2.45, 2.75) is 206 Å². The maximum atomic E-state index is 13.3. The lowest BCUT2D eigenvalue weighted by atomic mass is 9.68. The molecule has 0 amide bonds. The molecule has 5 aliphatic rings. The van der Waals surface area contributed by atoms with E-state index in [1.165, 1.54) is 173 Å². The average Bonchev–Trinajstić information content (AvgIpc) is 3.14. The lowest BCUT2D eigenvalue weighted by Crippen LogP contribution is -2.35. The van der Waals surface area contributed by atoms with Crippen molar-refractivity contribution in [1.29, 1.82) is 0 Å². The fourth-order valence-corrected chi connectivity index (χ4v) is 11.2. The number of esters is 1. The van der Waals surface area contributed by atoms with Crippen molar-refractivity contribution in [3.05, 3.63) is 0 Å². The molecule has 0 spiro atoms. The second-order valence-electron chi connectivity index (χ2n) is 17.9. The summed E-state index contributed by atoms with van der Waals surface area (Å²) in [5.41, 5.74) is 0. The highest BCUT2D eigenvalue weighted by atomic mass is 17.2. The van der Waals surface area contributed by atoms with E-state index < -0.39 is 0 Å². The molecule has 48 heavy (non-hydrogen) atoms. The third-order valence-electron chi connectivity index (χ3n) is 14.6. The molecule has 0 aromatic rings. The van der Waals surface area contributed by atoms with Crippen molar-refractivity contribution in [3.8, 4) is 0 Å². The van der Waals surface area contributed by atoms with Gasteiger partial charge in [0.2, 0.25) is 0 Å². The Labute approximate surface area is 297 Å². The van der Waals surface area contributed by atoms with Crippen molar-refractivity contribution in [2.24, 2.45) is 53.3 Å². The number of rotatable bonds is 18. The van der Waals surface area contributed by atoms with Crippen molar-refractivity contribution >= 4 is 5.97 Å². The zero-order valence-corrected chi connectivity index (χ0v) is 31.8. The van der Waals surface area contributed by atoms with E-state index in [2.05, 4.69) is 13.8 Å². The van der Waals surface area contributed by atoms with Crippen LogP contribution in [0.5, 0.6) is 0 Å². The van der Waals surface area contributed by atoms with E-state index in [0.29, 0.717) is 25.0 Å². The quantitative estimate of drug-likeness (QED) is 0.0630. The van der Waals surface area contributed by atoms with Crippen LogP contribution in [0.2, 0.25) is 0 Å². The zero-order chi connectivity index (χ0) is 33.4. The van der Waals surface area contributed by atoms with Crippen LogP contribution in [0.25, 0.3) is 0 Å². The number of hydrogen-bond donors (Lipinski definition) is 0. The van der Waals surface area contributed by atoms with Gasteiger partial charge in [0.1, 0.15) is 12.7 Å². The lowest BCUT2D eigenvalue weighted by molar-refractivity contribution is -0.346. The first-order valence-electron chi connectivity index (χ1n) is 22.1. The van der Waals surface area contributed by atoms with Crippen LogP contribution >= 0.6 is 0 Å². The minimum absolute atomic E-state index is 0.0332. The molecule has 0 radical (unpaired) electrons. The minimum atomic E-state index is -0.109. The van der Waals surface area contributed by atoms with Gasteiger partial charge in [0.25, 0.3) is 0 Å². The molecule has 0 aromatic carbocycles. The van der Waals surface area contributed by atoms with Gasteiger partial charge < -0.3 is 4.74 Å². The standard InChI is InChI=1S/C44H78O4/c1-3-5-8-12-34-16-22-37(23-17-34)39-26-20-36(21-27-39)32-47-48-43(41-14-10-7-11-15-41)33-46-44(45)42-30-28-40(29-31-42)38-24-18-35(19-25-38)13-9-6-4-2/h34-43H,3-33H2,1-2H3. The molecular formula is C44H78O4. The summed E-state index contributed by atoms with van der Waals surface area (Å²) in [6.45, 7) is 5.71. The molecule has 278 valence electrons. The summed E-state index contributed by atoms with van der Waals surface area (Å²) in [6, 6.07) is 0. The van der Waals surface area contributed by atoms with E-state index in [0.717, 1.165) is 48.3 Å². The zero-order valence-electron chi connectivity index (χ0n) is 31.8. The van der Waals surface area contributed by atoms with Crippen LogP contribution in [0, 0.1) is 53.3 Å². The molecule has 4 heteroatoms. The van der Waals surface area contributed by atoms with Gasteiger partial charge in [-0.15, -0.1) is 0 Å². The molecule has 0 saturated heterocycles. The van der Waals surface area contributed by atoms with Gasteiger partial charge >= 0.3 is 5.97 Å². The average molecular weight is 671 g/mol. The lowest BCUT2D eigenvalue weighted by Gasteiger charge is -2.38. The fraction of sp³-hybridized carbons (Fsp3) is 0.977. The van der Waals surface area contributed by atoms with Gasteiger partial charge in [-0.1, -0.05) is 110 Å². The molecule has 0 N–H and O–H groups in total. The maximum Gasteiger partial charge on any atom is 0.309 e. The van der Waals surface area contributed by atoms with Gasteiger partial charge in [-0.3, -0.25) is 4.79 Å². The highest BCUT2D eigenvalue weighted by molar-refractivity contribution is 5.72. The van der Waals surface area contributed by atoms with Gasteiger partial charge in [-0.25, -0.2) is 9.78 Å². The van der Waals surface area contributed by atoms with Crippen LogP contribution in [0.3, 0.4) is 0 Å². The molecule has 5 fully saturated rings. The van der Waals surface area contributed by atoms with E-state index in [-0.39, 0.29) is 18.0 Å². The molecule has 0 heterocycles. The van der Waals surface area contributed by atoms with Crippen molar-refractivity contribution in [3.63, 3.8) is 0 Å². The third kappa shape index (κ3) is 12.6. The predicted octanol–water partition coefficient (Wildman–Crippen LogP) is 12.8. The summed E-state index contributed by atoms with van der Waals surface area (Å²) in [5.74, 6) is 6.85. The molecule has 5 rings (SSSR count). The molecule has 0 bridgehead atoms. The van der Waals surface area contributed by atoms with Gasteiger partial charge in [0, 0.05) is 0 Å². The molecule has 0 aromatic heterocycles. The Morgan fingerprint density at radius 3 is 1.48 bits per heavy atom. The number of carbonyl (C=O) groups excluding carboxylic acids is 1. The topological polar surface area (TPSA) is 44.8 Å². The number of ether oxygens (including phenoxy) is 1. The van der Waals surface area contributed by atoms with E-state index in [1.807, 2.05) is 0 Å². The SMILES string of the molecule is CCCCCC1CCC(C2CCC(COOC(COC(=O)C3CCC(C4CCC(CCCCC)CC4)CC3)C3CCCCC3)CC2)CC1. The number of carbonyl (C=O) groups is 1. The third-order valence-corrected chi connectivity index (χ3v) is 14.6. The molecular weight excluding hydrogens is 592 g/mol. The smallest absolute Gasteiger partial charge is 0.309 e. The van der Waals surface area contributed by atoms with E-state index in [9.17, 15) is 4.79 Å². The fourth-order valence-electron chi connectivity index (χ4n) is 11.2. The van der Waals surface area contributed by atoms with Crippen LogP contribution in [0.15, 0.2) is 0 Å². The maximum absolute atomic E-state index is 13.3. The van der Waals surface area contributed by atoms with Crippen LogP contribution in [-0.4, -0.2) is 25.3 Å². The van der Waals surface area contributed by atoms with E-state index in [1.54, 1.807) is 0 Å². The Balaban J connectivity index is 0.964. The molecule has 4 nitrogen and oxygen atoms in total. The Hall–Kier alpha value is -0.610. The summed E-state index contributed by atoms with van der Waals surface area (Å²) in [5, 5.41) is 0. The second-order valence-corrected chi connectivity index (χ2v) is 17.9. The van der Waals surface area contributed by atoms with Crippen LogP contribution in [-0.2, 0) is 19.3 Å². The van der Waals surface area contributed by atoms with Crippen LogP contribution in [0.1, 0.15) is 200 Å². The highest BCUT2D eigenvalue weighted by Gasteiger charge is 2.35. The Kier molecular flexibility index (Phi) is 17.4. The Bertz CT molecular complexity index is 836. The molecule has 5 aliphatic carbocycles. The van der Waals surface area contributed by atoms with Gasteiger partial charge in [-0.05, 0) is 137 Å².